The smallest absolute Gasteiger partial charge is 0.423 e. The van der Waals surface area contributed by atoms with E-state index in [1.54, 1.807) is 6.07 Å². The van der Waals surface area contributed by atoms with Gasteiger partial charge in [-0.2, -0.15) is 0 Å². The Hall–Kier alpha value is -0.835. The molecule has 0 aliphatic heterocycles. The van der Waals surface area contributed by atoms with Crippen LogP contribution in [0.5, 0.6) is 0 Å². The predicted octanol–water partition coefficient (Wildman–Crippen LogP) is 1.41. The standard InChI is InChI=1S/C10H13BO2S/c1-3-5-8(4-2)9-6-7-10(14-9)11(12)13/h3-7,12-13H,1-2H3/b5-3-,8-4+. The molecule has 1 rings (SSSR count). The molecule has 0 bridgehead atoms. The average molecular weight is 208 g/mol. The molecule has 0 saturated carbocycles. The number of hydrogen-bond acceptors (Lipinski definition) is 3. The highest BCUT2D eigenvalue weighted by Crippen LogP contribution is 2.20. The summed E-state index contributed by atoms with van der Waals surface area (Å²) >= 11 is 1.39. The van der Waals surface area contributed by atoms with Gasteiger partial charge in [-0.1, -0.05) is 24.3 Å². The first-order valence-electron chi connectivity index (χ1n) is 4.44. The molecule has 0 fully saturated rings. The molecule has 0 amide bonds. The third-order valence-electron chi connectivity index (χ3n) is 1.82. The van der Waals surface area contributed by atoms with Crippen molar-refractivity contribution in [1.82, 2.24) is 0 Å². The zero-order valence-corrected chi connectivity index (χ0v) is 9.08. The first-order chi connectivity index (χ1) is 6.69. The number of rotatable bonds is 3. The van der Waals surface area contributed by atoms with Gasteiger partial charge in [-0.3, -0.25) is 0 Å². The third-order valence-corrected chi connectivity index (χ3v) is 3.00. The lowest BCUT2D eigenvalue weighted by molar-refractivity contribution is 0.427. The lowest BCUT2D eigenvalue weighted by Crippen LogP contribution is -2.26. The molecule has 0 aliphatic rings. The van der Waals surface area contributed by atoms with E-state index in [9.17, 15) is 0 Å². The predicted molar refractivity (Wildman–Crippen MR) is 62.6 cm³/mol. The monoisotopic (exact) mass is 208 g/mol. The van der Waals surface area contributed by atoms with Gasteiger partial charge in [0.1, 0.15) is 0 Å². The minimum atomic E-state index is -1.36. The van der Waals surface area contributed by atoms with Gasteiger partial charge in [0.2, 0.25) is 0 Å². The molecule has 0 saturated heterocycles. The summed E-state index contributed by atoms with van der Waals surface area (Å²) in [6.07, 6.45) is 5.96. The van der Waals surface area contributed by atoms with Gasteiger partial charge in [0, 0.05) is 9.65 Å². The van der Waals surface area contributed by atoms with Gasteiger partial charge in [-0.15, -0.1) is 11.3 Å². The molecular formula is C10H13BO2S. The van der Waals surface area contributed by atoms with Crippen LogP contribution < -0.4 is 4.78 Å². The highest BCUT2D eigenvalue weighted by Gasteiger charge is 2.14. The molecule has 4 heteroatoms. The van der Waals surface area contributed by atoms with E-state index in [1.807, 2.05) is 38.1 Å². The summed E-state index contributed by atoms with van der Waals surface area (Å²) in [4.78, 5) is 1.05. The highest BCUT2D eigenvalue weighted by molar-refractivity contribution is 7.23. The molecule has 1 heterocycles. The van der Waals surface area contributed by atoms with Crippen molar-refractivity contribution in [2.75, 3.05) is 0 Å². The molecule has 0 atom stereocenters. The number of allylic oxidation sites excluding steroid dienone is 4. The molecule has 2 N–H and O–H groups in total. The Balaban J connectivity index is 2.96. The Morgan fingerprint density at radius 2 is 2.07 bits per heavy atom. The van der Waals surface area contributed by atoms with Crippen LogP contribution in [0.15, 0.2) is 30.4 Å². The minimum absolute atomic E-state index is 0.573. The van der Waals surface area contributed by atoms with Gasteiger partial charge in [0.25, 0.3) is 0 Å². The second-order valence-electron chi connectivity index (χ2n) is 2.82. The SMILES string of the molecule is C/C=C\C(=C/C)c1ccc(B(O)O)s1. The van der Waals surface area contributed by atoms with E-state index < -0.39 is 7.12 Å². The minimum Gasteiger partial charge on any atom is -0.423 e. The maximum Gasteiger partial charge on any atom is 0.499 e. The van der Waals surface area contributed by atoms with Crippen LogP contribution in [0.25, 0.3) is 5.57 Å². The van der Waals surface area contributed by atoms with Gasteiger partial charge in [-0.25, -0.2) is 0 Å². The normalized spacial score (nSPS) is 12.4. The van der Waals surface area contributed by atoms with Crippen molar-refractivity contribution in [1.29, 1.82) is 0 Å². The summed E-state index contributed by atoms with van der Waals surface area (Å²) in [5.41, 5.74) is 1.10. The van der Waals surface area contributed by atoms with Crippen molar-refractivity contribution in [2.45, 2.75) is 13.8 Å². The van der Waals surface area contributed by atoms with Crippen molar-refractivity contribution in [3.05, 3.63) is 35.2 Å². The second kappa shape index (κ2) is 5.15. The van der Waals surface area contributed by atoms with Crippen molar-refractivity contribution in [3.8, 4) is 0 Å². The molecule has 0 unspecified atom stereocenters. The Labute approximate surface area is 88.4 Å². The van der Waals surface area contributed by atoms with Crippen LogP contribution in [-0.2, 0) is 0 Å². The van der Waals surface area contributed by atoms with Gasteiger partial charge in [0.15, 0.2) is 0 Å². The molecule has 1 aromatic heterocycles. The first kappa shape index (κ1) is 11.2. The van der Waals surface area contributed by atoms with Gasteiger partial charge in [-0.05, 0) is 25.5 Å². The molecule has 0 aromatic carbocycles. The topological polar surface area (TPSA) is 40.5 Å². The lowest BCUT2D eigenvalue weighted by atomic mass is 9.90. The van der Waals surface area contributed by atoms with E-state index in [1.165, 1.54) is 11.3 Å². The summed E-state index contributed by atoms with van der Waals surface area (Å²) in [7, 11) is -1.36. The quantitative estimate of drug-likeness (QED) is 0.582. The first-order valence-corrected chi connectivity index (χ1v) is 5.26. The molecule has 14 heavy (non-hydrogen) atoms. The molecule has 1 aromatic rings. The molecule has 0 aliphatic carbocycles. The van der Waals surface area contributed by atoms with E-state index in [4.69, 9.17) is 10.0 Å². The molecule has 0 spiro atoms. The van der Waals surface area contributed by atoms with Gasteiger partial charge >= 0.3 is 7.12 Å². The molecule has 0 radical (unpaired) electrons. The number of hydrogen-bond donors (Lipinski definition) is 2. The fourth-order valence-electron chi connectivity index (χ4n) is 1.15. The van der Waals surface area contributed by atoms with E-state index in [0.29, 0.717) is 4.78 Å². The summed E-state index contributed by atoms with van der Waals surface area (Å²) in [6.45, 7) is 3.92. The molecular weight excluding hydrogens is 195 g/mol. The van der Waals surface area contributed by atoms with Crippen LogP contribution in [0.3, 0.4) is 0 Å². The second-order valence-corrected chi connectivity index (χ2v) is 3.94. The Morgan fingerprint density at radius 1 is 1.36 bits per heavy atom. The summed E-state index contributed by atoms with van der Waals surface area (Å²) < 4.78 is 0.573. The van der Waals surface area contributed by atoms with Crippen LogP contribution >= 0.6 is 11.3 Å². The maximum absolute atomic E-state index is 8.95. The van der Waals surface area contributed by atoms with Crippen LogP contribution in [0, 0.1) is 0 Å². The Morgan fingerprint density at radius 3 is 2.50 bits per heavy atom. The maximum atomic E-state index is 8.95. The fourth-order valence-corrected chi connectivity index (χ4v) is 2.08. The van der Waals surface area contributed by atoms with Crippen molar-refractivity contribution in [3.63, 3.8) is 0 Å². The fraction of sp³-hybridized carbons (Fsp3) is 0.200. The van der Waals surface area contributed by atoms with E-state index in [-0.39, 0.29) is 0 Å². The lowest BCUT2D eigenvalue weighted by Gasteiger charge is -1.95. The van der Waals surface area contributed by atoms with Crippen LogP contribution in [0.2, 0.25) is 0 Å². The summed E-state index contributed by atoms with van der Waals surface area (Å²) in [6, 6.07) is 3.63. The van der Waals surface area contributed by atoms with Crippen molar-refractivity contribution in [2.24, 2.45) is 0 Å². The molecule has 74 valence electrons. The van der Waals surface area contributed by atoms with Crippen molar-refractivity contribution < 1.29 is 10.0 Å². The van der Waals surface area contributed by atoms with Crippen LogP contribution in [0.1, 0.15) is 18.7 Å². The van der Waals surface area contributed by atoms with Crippen LogP contribution in [-0.4, -0.2) is 17.2 Å². The van der Waals surface area contributed by atoms with E-state index in [0.717, 1.165) is 10.5 Å². The highest BCUT2D eigenvalue weighted by atomic mass is 32.1. The third kappa shape index (κ3) is 2.58. The Kier molecular flexibility index (Phi) is 4.13. The van der Waals surface area contributed by atoms with Gasteiger partial charge in [0.05, 0.1) is 0 Å². The zero-order chi connectivity index (χ0) is 10.6. The largest absolute Gasteiger partial charge is 0.499 e. The van der Waals surface area contributed by atoms with E-state index >= 15 is 0 Å². The van der Waals surface area contributed by atoms with Crippen molar-refractivity contribution >= 4 is 28.8 Å². The average Bonchev–Trinajstić information content (AvgIpc) is 2.63. The van der Waals surface area contributed by atoms with E-state index in [2.05, 4.69) is 0 Å². The molecule has 2 nitrogen and oxygen atoms in total. The number of thiophene rings is 1. The van der Waals surface area contributed by atoms with Gasteiger partial charge < -0.3 is 10.0 Å². The van der Waals surface area contributed by atoms with Crippen LogP contribution in [0.4, 0.5) is 0 Å². The zero-order valence-electron chi connectivity index (χ0n) is 8.27. The Bertz CT molecular complexity index is 353. The summed E-state index contributed by atoms with van der Waals surface area (Å²) in [5, 5.41) is 17.9. The summed E-state index contributed by atoms with van der Waals surface area (Å²) in [5.74, 6) is 0.